The second-order valence-electron chi connectivity index (χ2n) is 11.1. The third-order valence-electron chi connectivity index (χ3n) is 7.86. The lowest BCUT2D eigenvalue weighted by molar-refractivity contribution is -0.136. The van der Waals surface area contributed by atoms with Crippen LogP contribution in [0.1, 0.15) is 46.5 Å². The van der Waals surface area contributed by atoms with E-state index in [-0.39, 0.29) is 23.8 Å². The number of hydrogen-bond acceptors (Lipinski definition) is 5. The summed E-state index contributed by atoms with van der Waals surface area (Å²) < 4.78 is 0. The van der Waals surface area contributed by atoms with Crippen LogP contribution < -0.4 is 15.5 Å². The molecule has 3 fully saturated rings. The summed E-state index contributed by atoms with van der Waals surface area (Å²) in [4.78, 5) is 44.0. The van der Waals surface area contributed by atoms with Crippen molar-refractivity contribution in [1.82, 2.24) is 20.4 Å². The van der Waals surface area contributed by atoms with Crippen molar-refractivity contribution in [3.8, 4) is 0 Å². The Balaban J connectivity index is 1.19. The molecule has 0 bridgehead atoms. The van der Waals surface area contributed by atoms with Crippen LogP contribution in [0, 0.1) is 11.3 Å². The van der Waals surface area contributed by atoms with Gasteiger partial charge in [0.25, 0.3) is 5.91 Å². The van der Waals surface area contributed by atoms with Crippen molar-refractivity contribution in [2.24, 2.45) is 11.3 Å². The highest BCUT2D eigenvalue weighted by molar-refractivity contribution is 6.09. The molecule has 0 atom stereocenters. The minimum absolute atomic E-state index is 0.195. The van der Waals surface area contributed by atoms with E-state index in [2.05, 4.69) is 65.5 Å². The summed E-state index contributed by atoms with van der Waals surface area (Å²) in [6.45, 7) is 11.5. The molecule has 1 aliphatic carbocycles. The number of nitrogens with one attached hydrogen (secondary N) is 2. The summed E-state index contributed by atoms with van der Waals surface area (Å²) >= 11 is 0. The number of piperazine rings is 1. The largest absolute Gasteiger partial charge is 0.369 e. The van der Waals surface area contributed by atoms with Gasteiger partial charge in [-0.2, -0.15) is 0 Å². The Kier molecular flexibility index (Phi) is 7.17. The van der Waals surface area contributed by atoms with Crippen molar-refractivity contribution < 1.29 is 14.4 Å². The quantitative estimate of drug-likeness (QED) is 0.625. The van der Waals surface area contributed by atoms with Crippen molar-refractivity contribution in [3.63, 3.8) is 0 Å². The van der Waals surface area contributed by atoms with Gasteiger partial charge in [-0.05, 0) is 49.1 Å². The summed E-state index contributed by atoms with van der Waals surface area (Å²) in [7, 11) is 0. The third-order valence-corrected chi connectivity index (χ3v) is 7.86. The molecule has 1 saturated carbocycles. The van der Waals surface area contributed by atoms with Gasteiger partial charge in [-0.15, -0.1) is 0 Å². The first kappa shape index (κ1) is 24.5. The molecular formula is C26H39N5O3. The molecule has 4 amide bonds. The molecule has 34 heavy (non-hydrogen) atoms. The Morgan fingerprint density at radius 2 is 1.71 bits per heavy atom. The van der Waals surface area contributed by atoms with E-state index in [9.17, 15) is 14.4 Å². The van der Waals surface area contributed by atoms with E-state index in [0.717, 1.165) is 50.5 Å². The van der Waals surface area contributed by atoms with Gasteiger partial charge in [0.05, 0.1) is 0 Å². The van der Waals surface area contributed by atoms with Gasteiger partial charge in [-0.3, -0.25) is 19.4 Å². The van der Waals surface area contributed by atoms with Crippen molar-refractivity contribution >= 4 is 23.5 Å². The van der Waals surface area contributed by atoms with E-state index in [1.54, 1.807) is 0 Å². The molecule has 0 aromatic heterocycles. The maximum atomic E-state index is 13.1. The average molecular weight is 470 g/mol. The van der Waals surface area contributed by atoms with Crippen molar-refractivity contribution in [3.05, 3.63) is 30.3 Å². The number of amides is 4. The van der Waals surface area contributed by atoms with Crippen LogP contribution in [0.3, 0.4) is 0 Å². The Morgan fingerprint density at radius 3 is 2.32 bits per heavy atom. The fourth-order valence-electron chi connectivity index (χ4n) is 5.56. The number of carbonyl (C=O) groups excluding carboxylic acids is 3. The van der Waals surface area contributed by atoms with E-state index < -0.39 is 11.6 Å². The molecule has 2 N–H and O–H groups in total. The lowest BCUT2D eigenvalue weighted by atomic mass is 9.67. The maximum Gasteiger partial charge on any atom is 0.325 e. The minimum atomic E-state index is -0.822. The molecule has 2 aliphatic heterocycles. The molecule has 4 rings (SSSR count). The summed E-state index contributed by atoms with van der Waals surface area (Å²) in [5.74, 6) is 0.0126. The zero-order valence-electron chi connectivity index (χ0n) is 20.8. The summed E-state index contributed by atoms with van der Waals surface area (Å²) in [5, 5.41) is 5.81. The molecule has 2 heterocycles. The van der Waals surface area contributed by atoms with Crippen LogP contribution in [0.4, 0.5) is 10.5 Å². The van der Waals surface area contributed by atoms with Crippen LogP contribution >= 0.6 is 0 Å². The van der Waals surface area contributed by atoms with Gasteiger partial charge < -0.3 is 15.5 Å². The highest BCUT2D eigenvalue weighted by atomic mass is 16.2. The van der Waals surface area contributed by atoms with Crippen LogP contribution in [-0.2, 0) is 9.59 Å². The molecule has 1 aromatic rings. The molecule has 186 valence electrons. The normalized spacial score (nSPS) is 26.1. The number of carbonyl (C=O) groups is 3. The van der Waals surface area contributed by atoms with E-state index in [4.69, 9.17) is 0 Å². The fraction of sp³-hybridized carbons (Fsp3) is 0.654. The topological polar surface area (TPSA) is 85.0 Å². The minimum Gasteiger partial charge on any atom is -0.369 e. The van der Waals surface area contributed by atoms with Gasteiger partial charge >= 0.3 is 6.03 Å². The molecule has 1 aromatic carbocycles. The molecule has 8 nitrogen and oxygen atoms in total. The first-order valence-electron chi connectivity index (χ1n) is 12.6. The number of anilines is 1. The Bertz CT molecular complexity index is 881. The SMILES string of the molecule is CC(C)(C)C1CCC2(CC1)NC(=O)N(CC(=O)NCCN1CCN(c3ccccc3)CC1)C2=O. The first-order chi connectivity index (χ1) is 16.2. The van der Waals surface area contributed by atoms with Gasteiger partial charge in [0.1, 0.15) is 12.1 Å². The number of hydrogen-bond donors (Lipinski definition) is 2. The second-order valence-corrected chi connectivity index (χ2v) is 11.1. The zero-order chi connectivity index (χ0) is 24.3. The molecule has 0 radical (unpaired) electrons. The van der Waals surface area contributed by atoms with Crippen molar-refractivity contribution in [1.29, 1.82) is 0 Å². The molecular weight excluding hydrogens is 430 g/mol. The summed E-state index contributed by atoms with van der Waals surface area (Å²) in [6, 6.07) is 9.96. The average Bonchev–Trinajstić information content (AvgIpc) is 3.03. The van der Waals surface area contributed by atoms with E-state index in [0.29, 0.717) is 25.3 Å². The van der Waals surface area contributed by atoms with Crippen LogP contribution in [-0.4, -0.2) is 79.0 Å². The second kappa shape index (κ2) is 9.94. The molecule has 0 unspecified atom stereocenters. The maximum absolute atomic E-state index is 13.1. The number of rotatable bonds is 6. The van der Waals surface area contributed by atoms with E-state index in [1.807, 2.05) is 6.07 Å². The van der Waals surface area contributed by atoms with Crippen LogP contribution in [0.25, 0.3) is 0 Å². The highest BCUT2D eigenvalue weighted by Crippen LogP contribution is 2.43. The Morgan fingerprint density at radius 1 is 1.06 bits per heavy atom. The molecule has 3 aliphatic rings. The number of urea groups is 1. The van der Waals surface area contributed by atoms with Crippen molar-refractivity contribution in [2.45, 2.75) is 52.0 Å². The lowest BCUT2D eigenvalue weighted by Gasteiger charge is -2.40. The smallest absolute Gasteiger partial charge is 0.325 e. The predicted octanol–water partition coefficient (Wildman–Crippen LogP) is 2.45. The van der Waals surface area contributed by atoms with Gasteiger partial charge in [-0.25, -0.2) is 4.79 Å². The molecule has 8 heteroatoms. The third kappa shape index (κ3) is 5.37. The van der Waals surface area contributed by atoms with Crippen molar-refractivity contribution in [2.75, 3.05) is 50.7 Å². The zero-order valence-corrected chi connectivity index (χ0v) is 20.8. The highest BCUT2D eigenvalue weighted by Gasteiger charge is 2.53. The standard InChI is InChI=1S/C26H39N5O3/c1-25(2,3)20-9-11-26(12-10-20)23(33)31(24(34)28-26)19-22(32)27-13-14-29-15-17-30(18-16-29)21-7-5-4-6-8-21/h4-8,20H,9-19H2,1-3H3,(H,27,32)(H,28,34). The first-order valence-corrected chi connectivity index (χ1v) is 12.6. The fourth-order valence-corrected chi connectivity index (χ4v) is 5.56. The lowest BCUT2D eigenvalue weighted by Crippen LogP contribution is -2.51. The van der Waals surface area contributed by atoms with E-state index in [1.165, 1.54) is 5.69 Å². The van der Waals surface area contributed by atoms with Gasteiger partial charge in [0, 0.05) is 45.0 Å². The number of imide groups is 1. The molecule has 1 spiro atoms. The monoisotopic (exact) mass is 469 g/mol. The van der Waals surface area contributed by atoms with Gasteiger partial charge in [0.2, 0.25) is 5.91 Å². The van der Waals surface area contributed by atoms with E-state index >= 15 is 0 Å². The predicted molar refractivity (Wildman–Crippen MR) is 132 cm³/mol. The van der Waals surface area contributed by atoms with Crippen LogP contribution in [0.15, 0.2) is 30.3 Å². The van der Waals surface area contributed by atoms with Crippen LogP contribution in [0.5, 0.6) is 0 Å². The number of benzene rings is 1. The van der Waals surface area contributed by atoms with Gasteiger partial charge in [0.15, 0.2) is 0 Å². The molecule has 2 saturated heterocycles. The number of para-hydroxylation sites is 1. The Hall–Kier alpha value is -2.61. The van der Waals surface area contributed by atoms with Crippen LogP contribution in [0.2, 0.25) is 0 Å². The number of nitrogens with zero attached hydrogens (tertiary/aromatic N) is 3. The summed E-state index contributed by atoms with van der Waals surface area (Å²) in [6.07, 6.45) is 3.11. The van der Waals surface area contributed by atoms with Gasteiger partial charge in [-0.1, -0.05) is 39.0 Å². The summed E-state index contributed by atoms with van der Waals surface area (Å²) in [5.41, 5.74) is 0.618. The Labute approximate surface area is 203 Å².